The first-order chi connectivity index (χ1) is 14.3. The summed E-state index contributed by atoms with van der Waals surface area (Å²) in [4.78, 5) is 27.4. The fourth-order valence-corrected chi connectivity index (χ4v) is 3.68. The second kappa shape index (κ2) is 9.28. The van der Waals surface area contributed by atoms with Crippen LogP contribution in [0.2, 0.25) is 0 Å². The summed E-state index contributed by atoms with van der Waals surface area (Å²) >= 11 is 0. The number of carbonyl (C=O) groups excluding carboxylic acids is 1. The van der Waals surface area contributed by atoms with Gasteiger partial charge in [-0.2, -0.15) is 0 Å². The summed E-state index contributed by atoms with van der Waals surface area (Å²) in [5.41, 5.74) is 2.97. The fourth-order valence-electron chi connectivity index (χ4n) is 3.68. The number of aromatic nitrogens is 3. The van der Waals surface area contributed by atoms with Gasteiger partial charge in [-0.05, 0) is 42.4 Å². The van der Waals surface area contributed by atoms with Crippen LogP contribution in [0, 0.1) is 5.92 Å². The summed E-state index contributed by atoms with van der Waals surface area (Å²) < 4.78 is 0. The van der Waals surface area contributed by atoms with Crippen molar-refractivity contribution in [1.82, 2.24) is 19.9 Å². The van der Waals surface area contributed by atoms with Crippen LogP contribution in [0.25, 0.3) is 0 Å². The number of nitrogens with zero attached hydrogens (tertiary/aromatic N) is 4. The predicted molar refractivity (Wildman–Crippen MR) is 112 cm³/mol. The molecule has 0 bridgehead atoms. The maximum absolute atomic E-state index is 12.8. The number of likely N-dealkylation sites (tertiary alicyclic amines) is 1. The van der Waals surface area contributed by atoms with Crippen LogP contribution in [-0.2, 0) is 13.0 Å². The summed E-state index contributed by atoms with van der Waals surface area (Å²) in [6, 6.07) is 14.5. The van der Waals surface area contributed by atoms with E-state index in [1.165, 1.54) is 5.56 Å². The lowest BCUT2D eigenvalue weighted by atomic mass is 9.90. The van der Waals surface area contributed by atoms with E-state index in [1.807, 2.05) is 23.1 Å². The summed E-state index contributed by atoms with van der Waals surface area (Å²) in [6.07, 6.45) is 9.91. The monoisotopic (exact) mass is 387 g/mol. The Morgan fingerprint density at radius 1 is 0.966 bits per heavy atom. The molecular formula is C23H25N5O. The average Bonchev–Trinajstić information content (AvgIpc) is 2.79. The van der Waals surface area contributed by atoms with Gasteiger partial charge in [-0.15, -0.1) is 0 Å². The molecule has 6 heteroatoms. The summed E-state index contributed by atoms with van der Waals surface area (Å²) in [7, 11) is 0. The molecule has 1 saturated heterocycles. The minimum Gasteiger partial charge on any atom is -0.350 e. The van der Waals surface area contributed by atoms with Gasteiger partial charge in [0.25, 0.3) is 5.91 Å². The molecule has 3 heterocycles. The fraction of sp³-hybridized carbons (Fsp3) is 0.304. The Bertz CT molecular complexity index is 907. The van der Waals surface area contributed by atoms with Crippen molar-refractivity contribution in [2.24, 2.45) is 5.92 Å². The molecule has 1 aromatic carbocycles. The number of carbonyl (C=O) groups is 1. The van der Waals surface area contributed by atoms with Crippen molar-refractivity contribution < 1.29 is 4.79 Å². The largest absolute Gasteiger partial charge is 0.350 e. The number of hydrogen-bond acceptors (Lipinski definition) is 5. The van der Waals surface area contributed by atoms with Crippen LogP contribution >= 0.6 is 0 Å². The lowest BCUT2D eigenvalue weighted by Gasteiger charge is -2.32. The van der Waals surface area contributed by atoms with Crippen molar-refractivity contribution in [2.75, 3.05) is 18.4 Å². The first-order valence-corrected chi connectivity index (χ1v) is 10.1. The minimum atomic E-state index is 0.0157. The van der Waals surface area contributed by atoms with Gasteiger partial charge in [0.15, 0.2) is 0 Å². The number of rotatable bonds is 6. The molecule has 0 spiro atoms. The van der Waals surface area contributed by atoms with Gasteiger partial charge in [0.05, 0.1) is 5.56 Å². The third-order valence-corrected chi connectivity index (χ3v) is 5.34. The molecule has 148 valence electrons. The first-order valence-electron chi connectivity index (χ1n) is 10.1. The number of piperidine rings is 1. The molecule has 1 aliphatic heterocycles. The van der Waals surface area contributed by atoms with E-state index in [1.54, 1.807) is 24.8 Å². The smallest absolute Gasteiger partial charge is 0.256 e. The van der Waals surface area contributed by atoms with E-state index in [-0.39, 0.29) is 5.91 Å². The molecule has 2 aromatic heterocycles. The van der Waals surface area contributed by atoms with Gasteiger partial charge in [0.2, 0.25) is 5.95 Å². The van der Waals surface area contributed by atoms with Crippen molar-refractivity contribution in [3.63, 3.8) is 0 Å². The maximum Gasteiger partial charge on any atom is 0.256 e. The highest BCUT2D eigenvalue weighted by Crippen LogP contribution is 2.22. The molecule has 0 aliphatic carbocycles. The van der Waals surface area contributed by atoms with Crippen molar-refractivity contribution in [1.29, 1.82) is 0 Å². The maximum atomic E-state index is 12.8. The SMILES string of the molecule is O=C(c1cnc(NCc2cccnc2)nc1)N1CCC(Cc2ccccc2)CC1. The van der Waals surface area contributed by atoms with Gasteiger partial charge >= 0.3 is 0 Å². The zero-order chi connectivity index (χ0) is 19.9. The normalized spacial score (nSPS) is 14.6. The number of pyridine rings is 1. The Labute approximate surface area is 171 Å². The molecule has 1 fully saturated rings. The summed E-state index contributed by atoms with van der Waals surface area (Å²) in [5.74, 6) is 1.16. The van der Waals surface area contributed by atoms with Crippen LogP contribution in [0.15, 0.2) is 67.3 Å². The van der Waals surface area contributed by atoms with Gasteiger partial charge in [0, 0.05) is 44.4 Å². The Kier molecular flexibility index (Phi) is 6.10. The zero-order valence-electron chi connectivity index (χ0n) is 16.4. The minimum absolute atomic E-state index is 0.0157. The number of anilines is 1. The highest BCUT2D eigenvalue weighted by atomic mass is 16.2. The second-order valence-corrected chi connectivity index (χ2v) is 7.44. The molecule has 0 radical (unpaired) electrons. The summed E-state index contributed by atoms with van der Waals surface area (Å²) in [5, 5.41) is 3.15. The number of nitrogens with one attached hydrogen (secondary N) is 1. The predicted octanol–water partition coefficient (Wildman–Crippen LogP) is 3.58. The van der Waals surface area contributed by atoms with Gasteiger partial charge in [-0.1, -0.05) is 36.4 Å². The third kappa shape index (κ3) is 5.16. The second-order valence-electron chi connectivity index (χ2n) is 7.44. The lowest BCUT2D eigenvalue weighted by Crippen LogP contribution is -2.39. The average molecular weight is 387 g/mol. The highest BCUT2D eigenvalue weighted by molar-refractivity contribution is 5.93. The van der Waals surface area contributed by atoms with Crippen molar-refractivity contribution in [3.05, 3.63) is 83.9 Å². The number of amides is 1. The number of hydrogen-bond donors (Lipinski definition) is 1. The van der Waals surface area contributed by atoms with E-state index in [0.717, 1.165) is 37.9 Å². The Morgan fingerprint density at radius 2 is 1.69 bits per heavy atom. The zero-order valence-corrected chi connectivity index (χ0v) is 16.4. The van der Waals surface area contributed by atoms with Gasteiger partial charge in [-0.25, -0.2) is 9.97 Å². The third-order valence-electron chi connectivity index (χ3n) is 5.34. The van der Waals surface area contributed by atoms with Crippen LogP contribution < -0.4 is 5.32 Å². The molecule has 6 nitrogen and oxygen atoms in total. The standard InChI is InChI=1S/C23H25N5O/c29-22(28-11-8-19(9-12-28)13-18-5-2-1-3-6-18)21-16-26-23(27-17-21)25-15-20-7-4-10-24-14-20/h1-7,10,14,16-17,19H,8-9,11-13,15H2,(H,25,26,27). The van der Waals surface area contributed by atoms with E-state index in [0.29, 0.717) is 24.0 Å². The van der Waals surface area contributed by atoms with Crippen molar-refractivity contribution in [2.45, 2.75) is 25.8 Å². The quantitative estimate of drug-likeness (QED) is 0.700. The van der Waals surface area contributed by atoms with Crippen LogP contribution in [0.1, 0.15) is 34.3 Å². The molecule has 1 aliphatic rings. The van der Waals surface area contributed by atoms with Crippen molar-refractivity contribution in [3.8, 4) is 0 Å². The Morgan fingerprint density at radius 3 is 2.38 bits per heavy atom. The van der Waals surface area contributed by atoms with Crippen LogP contribution in [-0.4, -0.2) is 38.8 Å². The van der Waals surface area contributed by atoms with E-state index in [2.05, 4.69) is 44.5 Å². The van der Waals surface area contributed by atoms with E-state index < -0.39 is 0 Å². The van der Waals surface area contributed by atoms with Gasteiger partial charge < -0.3 is 10.2 Å². The molecule has 1 N–H and O–H groups in total. The van der Waals surface area contributed by atoms with Crippen LogP contribution in [0.5, 0.6) is 0 Å². The Balaban J connectivity index is 1.27. The van der Waals surface area contributed by atoms with Gasteiger partial charge in [0.1, 0.15) is 0 Å². The molecule has 1 amide bonds. The highest BCUT2D eigenvalue weighted by Gasteiger charge is 2.24. The van der Waals surface area contributed by atoms with Crippen molar-refractivity contribution >= 4 is 11.9 Å². The molecule has 4 rings (SSSR count). The summed E-state index contributed by atoms with van der Waals surface area (Å²) in [6.45, 7) is 2.17. The Hall–Kier alpha value is -3.28. The van der Waals surface area contributed by atoms with Gasteiger partial charge in [-0.3, -0.25) is 9.78 Å². The van der Waals surface area contributed by atoms with E-state index >= 15 is 0 Å². The lowest BCUT2D eigenvalue weighted by molar-refractivity contribution is 0.0689. The van der Waals surface area contributed by atoms with Crippen LogP contribution in [0.4, 0.5) is 5.95 Å². The topological polar surface area (TPSA) is 71.0 Å². The number of benzene rings is 1. The molecule has 0 saturated carbocycles. The molecule has 3 aromatic rings. The molecule has 29 heavy (non-hydrogen) atoms. The van der Waals surface area contributed by atoms with E-state index in [4.69, 9.17) is 0 Å². The molecule has 0 atom stereocenters. The first kappa shape index (κ1) is 19.1. The molecule has 0 unspecified atom stereocenters. The molecular weight excluding hydrogens is 362 g/mol. The van der Waals surface area contributed by atoms with E-state index in [9.17, 15) is 4.79 Å². The van der Waals surface area contributed by atoms with Crippen LogP contribution in [0.3, 0.4) is 0 Å².